The van der Waals surface area contributed by atoms with E-state index in [2.05, 4.69) is 5.32 Å². The topological polar surface area (TPSA) is 75.7 Å². The van der Waals surface area contributed by atoms with E-state index in [1.807, 2.05) is 26.0 Å². The van der Waals surface area contributed by atoms with Crippen LogP contribution >= 0.6 is 0 Å². The fourth-order valence-electron chi connectivity index (χ4n) is 2.93. The van der Waals surface area contributed by atoms with Crippen LogP contribution in [-0.4, -0.2) is 27.5 Å². The van der Waals surface area contributed by atoms with Crippen LogP contribution in [0.15, 0.2) is 83.8 Å². The van der Waals surface area contributed by atoms with Gasteiger partial charge in [-0.3, -0.25) is 9.10 Å². The predicted octanol–water partition coefficient (Wildman–Crippen LogP) is 4.23. The fraction of sp³-hybridized carbons (Fsp3) is 0.174. The van der Waals surface area contributed by atoms with Gasteiger partial charge < -0.3 is 10.1 Å². The van der Waals surface area contributed by atoms with E-state index < -0.39 is 22.5 Å². The van der Waals surface area contributed by atoms with E-state index in [0.29, 0.717) is 23.7 Å². The van der Waals surface area contributed by atoms with Gasteiger partial charge >= 0.3 is 0 Å². The fourth-order valence-corrected chi connectivity index (χ4v) is 4.38. The normalized spacial score (nSPS) is 11.0. The number of nitrogens with zero attached hydrogens (tertiary/aromatic N) is 1. The number of para-hydroxylation sites is 2. The highest BCUT2D eigenvalue weighted by molar-refractivity contribution is 7.92. The summed E-state index contributed by atoms with van der Waals surface area (Å²) in [6, 6.07) is 22.1. The number of nitrogens with one attached hydrogen (secondary N) is 1. The molecule has 30 heavy (non-hydrogen) atoms. The van der Waals surface area contributed by atoms with Crippen molar-refractivity contribution in [3.8, 4) is 5.75 Å². The first kappa shape index (κ1) is 21.4. The number of anilines is 2. The van der Waals surface area contributed by atoms with Crippen molar-refractivity contribution in [2.45, 2.75) is 18.7 Å². The van der Waals surface area contributed by atoms with Gasteiger partial charge in [0.25, 0.3) is 10.0 Å². The van der Waals surface area contributed by atoms with Crippen molar-refractivity contribution >= 4 is 27.3 Å². The smallest absolute Gasteiger partial charge is 0.264 e. The lowest BCUT2D eigenvalue weighted by Gasteiger charge is -2.26. The highest BCUT2D eigenvalue weighted by Crippen LogP contribution is 2.32. The molecule has 0 spiro atoms. The summed E-state index contributed by atoms with van der Waals surface area (Å²) in [5.74, 6) is -0.0627. The Bertz CT molecular complexity index is 1100. The van der Waals surface area contributed by atoms with Crippen molar-refractivity contribution in [1.82, 2.24) is 0 Å². The Balaban J connectivity index is 1.98. The highest BCUT2D eigenvalue weighted by Gasteiger charge is 2.29. The molecule has 7 heteroatoms. The third-order valence-corrected chi connectivity index (χ3v) is 6.16. The summed E-state index contributed by atoms with van der Waals surface area (Å²) >= 11 is 0. The third kappa shape index (κ3) is 4.99. The quantitative estimate of drug-likeness (QED) is 0.587. The van der Waals surface area contributed by atoms with E-state index in [0.717, 1.165) is 9.87 Å². The zero-order valence-corrected chi connectivity index (χ0v) is 17.7. The molecule has 0 aliphatic rings. The molecule has 0 aliphatic carbocycles. The molecule has 1 N–H and O–H groups in total. The van der Waals surface area contributed by atoms with Gasteiger partial charge in [-0.1, -0.05) is 48.0 Å². The Kier molecular flexibility index (Phi) is 6.74. The number of sulfonamides is 1. The lowest BCUT2D eigenvalue weighted by Crippen LogP contribution is -2.38. The summed E-state index contributed by atoms with van der Waals surface area (Å²) in [6.45, 7) is 3.74. The zero-order chi connectivity index (χ0) is 21.6. The van der Waals surface area contributed by atoms with Crippen molar-refractivity contribution < 1.29 is 17.9 Å². The molecule has 0 saturated heterocycles. The number of carbonyl (C=O) groups is 1. The number of aryl methyl sites for hydroxylation is 1. The standard InChI is InChI=1S/C23H24N2O4S/c1-3-29-22-12-8-7-11-21(22)25(30(27,28)20-9-5-4-6-10-20)17-23(26)24-19-15-13-18(2)14-16-19/h4-16H,3,17H2,1-2H3,(H,24,26). The van der Waals surface area contributed by atoms with Crippen LogP contribution in [0.1, 0.15) is 12.5 Å². The summed E-state index contributed by atoms with van der Waals surface area (Å²) < 4.78 is 33.5. The first-order valence-electron chi connectivity index (χ1n) is 9.58. The van der Waals surface area contributed by atoms with Crippen LogP contribution < -0.4 is 14.4 Å². The van der Waals surface area contributed by atoms with Crippen LogP contribution in [0, 0.1) is 6.92 Å². The van der Waals surface area contributed by atoms with Crippen molar-refractivity contribution in [3.05, 3.63) is 84.4 Å². The molecule has 0 aromatic heterocycles. The first-order chi connectivity index (χ1) is 14.4. The van der Waals surface area contributed by atoms with E-state index in [9.17, 15) is 13.2 Å². The Labute approximate surface area is 177 Å². The van der Waals surface area contributed by atoms with Gasteiger partial charge in [-0.2, -0.15) is 0 Å². The molecule has 3 aromatic rings. The zero-order valence-electron chi connectivity index (χ0n) is 16.9. The minimum absolute atomic E-state index is 0.0967. The van der Waals surface area contributed by atoms with Crippen LogP contribution in [0.3, 0.4) is 0 Å². The number of rotatable bonds is 8. The number of hydrogen-bond donors (Lipinski definition) is 1. The summed E-state index contributed by atoms with van der Waals surface area (Å²) in [6.07, 6.45) is 0. The van der Waals surface area contributed by atoms with Gasteiger partial charge in [0, 0.05) is 5.69 Å². The number of benzene rings is 3. The van der Waals surface area contributed by atoms with Crippen molar-refractivity contribution in [2.75, 3.05) is 22.8 Å². The molecule has 0 saturated carbocycles. The van der Waals surface area contributed by atoms with E-state index in [-0.39, 0.29) is 4.90 Å². The largest absolute Gasteiger partial charge is 0.492 e. The summed E-state index contributed by atoms with van der Waals surface area (Å²) in [4.78, 5) is 12.9. The monoisotopic (exact) mass is 424 g/mol. The Morgan fingerprint density at radius 3 is 2.23 bits per heavy atom. The molecule has 0 radical (unpaired) electrons. The molecule has 0 aliphatic heterocycles. The molecule has 0 atom stereocenters. The maximum Gasteiger partial charge on any atom is 0.264 e. The van der Waals surface area contributed by atoms with Gasteiger partial charge in [-0.25, -0.2) is 8.42 Å². The molecular weight excluding hydrogens is 400 g/mol. The van der Waals surface area contributed by atoms with E-state index in [1.54, 1.807) is 54.6 Å². The van der Waals surface area contributed by atoms with E-state index in [1.165, 1.54) is 12.1 Å². The molecular formula is C23H24N2O4S. The molecule has 0 unspecified atom stereocenters. The van der Waals surface area contributed by atoms with Gasteiger partial charge in [-0.15, -0.1) is 0 Å². The minimum atomic E-state index is -4.00. The predicted molar refractivity (Wildman–Crippen MR) is 118 cm³/mol. The van der Waals surface area contributed by atoms with Crippen LogP contribution in [-0.2, 0) is 14.8 Å². The van der Waals surface area contributed by atoms with Crippen LogP contribution in [0.25, 0.3) is 0 Å². The second-order valence-corrected chi connectivity index (χ2v) is 8.50. The van der Waals surface area contributed by atoms with Crippen LogP contribution in [0.2, 0.25) is 0 Å². The number of carbonyl (C=O) groups excluding carboxylic acids is 1. The number of ether oxygens (including phenoxy) is 1. The maximum absolute atomic E-state index is 13.4. The molecule has 156 valence electrons. The second-order valence-electron chi connectivity index (χ2n) is 6.64. The minimum Gasteiger partial charge on any atom is -0.492 e. The van der Waals surface area contributed by atoms with Crippen LogP contribution in [0.5, 0.6) is 5.75 Å². The van der Waals surface area contributed by atoms with Crippen LogP contribution in [0.4, 0.5) is 11.4 Å². The molecule has 0 fully saturated rings. The number of amides is 1. The van der Waals surface area contributed by atoms with Crippen molar-refractivity contribution in [3.63, 3.8) is 0 Å². The molecule has 0 heterocycles. The summed E-state index contributed by atoms with van der Waals surface area (Å²) in [7, 11) is -4.00. The van der Waals surface area contributed by atoms with Gasteiger partial charge in [-0.05, 0) is 50.2 Å². The SMILES string of the molecule is CCOc1ccccc1N(CC(=O)Nc1ccc(C)cc1)S(=O)(=O)c1ccccc1. The van der Waals surface area contributed by atoms with Crippen molar-refractivity contribution in [1.29, 1.82) is 0 Å². The van der Waals surface area contributed by atoms with Gasteiger partial charge in [0.1, 0.15) is 12.3 Å². The Hall–Kier alpha value is -3.32. The molecule has 0 bridgehead atoms. The van der Waals surface area contributed by atoms with Gasteiger partial charge in [0.2, 0.25) is 5.91 Å². The average Bonchev–Trinajstić information content (AvgIpc) is 2.75. The lowest BCUT2D eigenvalue weighted by atomic mass is 10.2. The summed E-state index contributed by atoms with van der Waals surface area (Å²) in [5, 5.41) is 2.76. The first-order valence-corrected chi connectivity index (χ1v) is 11.0. The summed E-state index contributed by atoms with van der Waals surface area (Å²) in [5.41, 5.74) is 1.97. The van der Waals surface area contributed by atoms with E-state index >= 15 is 0 Å². The van der Waals surface area contributed by atoms with E-state index in [4.69, 9.17) is 4.74 Å². The maximum atomic E-state index is 13.4. The Morgan fingerprint density at radius 2 is 1.57 bits per heavy atom. The van der Waals surface area contributed by atoms with Gasteiger partial charge in [0.05, 0.1) is 17.2 Å². The molecule has 6 nitrogen and oxygen atoms in total. The Morgan fingerprint density at radius 1 is 0.933 bits per heavy atom. The highest BCUT2D eigenvalue weighted by atomic mass is 32.2. The molecule has 3 aromatic carbocycles. The third-order valence-electron chi connectivity index (χ3n) is 4.39. The molecule has 1 amide bonds. The van der Waals surface area contributed by atoms with Crippen molar-refractivity contribution in [2.24, 2.45) is 0 Å². The lowest BCUT2D eigenvalue weighted by molar-refractivity contribution is -0.114. The molecule has 3 rings (SSSR count). The van der Waals surface area contributed by atoms with Gasteiger partial charge in [0.15, 0.2) is 0 Å². The number of hydrogen-bond acceptors (Lipinski definition) is 4. The average molecular weight is 425 g/mol. The second kappa shape index (κ2) is 9.45.